The number of esters is 1. The van der Waals surface area contributed by atoms with E-state index in [1.54, 1.807) is 13.8 Å². The lowest BCUT2D eigenvalue weighted by Gasteiger charge is -2.40. The highest BCUT2D eigenvalue weighted by Gasteiger charge is 2.25. The van der Waals surface area contributed by atoms with Crippen LogP contribution in [0, 0.1) is 0 Å². The number of ether oxygens (including phenoxy) is 1. The number of hydrogen-bond acceptors (Lipinski definition) is 3. The molecule has 1 aliphatic rings. The molecule has 1 unspecified atom stereocenters. The van der Waals surface area contributed by atoms with Gasteiger partial charge >= 0.3 is 5.97 Å². The lowest BCUT2D eigenvalue weighted by Crippen LogP contribution is -2.42. The number of benzene rings is 1. The number of fused-ring (bicyclic) bond motifs is 1. The zero-order valence-corrected chi connectivity index (χ0v) is 14.6. The first-order valence-electron chi connectivity index (χ1n) is 8.31. The molecule has 2 rings (SSSR count). The molecule has 0 aliphatic carbocycles. The van der Waals surface area contributed by atoms with Crippen molar-refractivity contribution in [1.29, 1.82) is 0 Å². The summed E-state index contributed by atoms with van der Waals surface area (Å²) in [4.78, 5) is 14.0. The van der Waals surface area contributed by atoms with Gasteiger partial charge in [-0.3, -0.25) is 0 Å². The monoisotopic (exact) mass is 319 g/mol. The van der Waals surface area contributed by atoms with Crippen LogP contribution < -0.4 is 4.90 Å². The van der Waals surface area contributed by atoms with Crippen LogP contribution in [-0.2, 0) is 16.0 Å². The third-order valence-corrected chi connectivity index (χ3v) is 4.44. The lowest BCUT2D eigenvalue weighted by molar-refractivity contribution is -0.140. The van der Waals surface area contributed by atoms with E-state index in [9.17, 15) is 9.18 Å². The van der Waals surface area contributed by atoms with E-state index in [4.69, 9.17) is 4.74 Å². The van der Waals surface area contributed by atoms with Crippen LogP contribution in [0.1, 0.15) is 52.2 Å². The van der Waals surface area contributed by atoms with E-state index >= 15 is 0 Å². The van der Waals surface area contributed by atoms with Crippen LogP contribution in [0.25, 0.3) is 5.57 Å². The van der Waals surface area contributed by atoms with Gasteiger partial charge in [-0.1, -0.05) is 6.07 Å². The van der Waals surface area contributed by atoms with Gasteiger partial charge in [0.2, 0.25) is 5.83 Å². The molecule has 0 N–H and O–H groups in total. The molecule has 1 aliphatic heterocycles. The first-order valence-corrected chi connectivity index (χ1v) is 8.31. The molecular weight excluding hydrogens is 293 g/mol. The standard InChI is InChI=1S/C19H26FNO2/c1-6-23-19(22)18(20)14(5)15-9-10-17-16(11-15)8-7-13(4)21(17)12(2)3/h9-13H,6-8H2,1-5H3/b18-14+. The van der Waals surface area contributed by atoms with Crippen molar-refractivity contribution in [2.45, 2.75) is 59.5 Å². The predicted octanol–water partition coefficient (Wildman–Crippen LogP) is 4.50. The first-order chi connectivity index (χ1) is 10.9. The van der Waals surface area contributed by atoms with E-state index in [0.29, 0.717) is 17.7 Å². The van der Waals surface area contributed by atoms with Crippen molar-refractivity contribution in [3.8, 4) is 0 Å². The quantitative estimate of drug-likeness (QED) is 0.604. The second-order valence-corrected chi connectivity index (χ2v) is 6.39. The Kier molecular flexibility index (Phi) is 5.45. The number of halogens is 1. The Bertz CT molecular complexity index is 622. The summed E-state index contributed by atoms with van der Waals surface area (Å²) in [6, 6.07) is 6.86. The molecule has 0 saturated heterocycles. The Balaban J connectivity index is 2.38. The zero-order valence-electron chi connectivity index (χ0n) is 14.6. The number of aryl methyl sites for hydroxylation is 1. The largest absolute Gasteiger partial charge is 0.461 e. The summed E-state index contributed by atoms with van der Waals surface area (Å²) in [5, 5.41) is 0. The maximum atomic E-state index is 14.2. The number of carbonyl (C=O) groups is 1. The van der Waals surface area contributed by atoms with Crippen LogP contribution >= 0.6 is 0 Å². The van der Waals surface area contributed by atoms with E-state index in [-0.39, 0.29) is 6.61 Å². The number of rotatable bonds is 4. The molecule has 1 atom stereocenters. The van der Waals surface area contributed by atoms with Gasteiger partial charge in [0.1, 0.15) is 0 Å². The third-order valence-electron chi connectivity index (χ3n) is 4.44. The van der Waals surface area contributed by atoms with Gasteiger partial charge < -0.3 is 9.64 Å². The summed E-state index contributed by atoms with van der Waals surface area (Å²) < 4.78 is 18.9. The highest BCUT2D eigenvalue weighted by molar-refractivity contribution is 5.95. The minimum Gasteiger partial charge on any atom is -0.461 e. The maximum Gasteiger partial charge on any atom is 0.367 e. The third kappa shape index (κ3) is 3.57. The Hall–Kier alpha value is -1.84. The molecule has 1 aromatic carbocycles. The van der Waals surface area contributed by atoms with Crippen molar-refractivity contribution in [2.24, 2.45) is 0 Å². The summed E-state index contributed by atoms with van der Waals surface area (Å²) in [7, 11) is 0. The number of allylic oxidation sites excluding steroid dienone is 1. The molecule has 23 heavy (non-hydrogen) atoms. The summed E-state index contributed by atoms with van der Waals surface area (Å²) in [5.74, 6) is -1.70. The fourth-order valence-corrected chi connectivity index (χ4v) is 3.27. The molecule has 0 amide bonds. The lowest BCUT2D eigenvalue weighted by atomic mass is 9.92. The molecule has 0 fully saturated rings. The van der Waals surface area contributed by atoms with Crippen molar-refractivity contribution in [3.05, 3.63) is 35.2 Å². The van der Waals surface area contributed by atoms with Crippen molar-refractivity contribution in [3.63, 3.8) is 0 Å². The van der Waals surface area contributed by atoms with Gasteiger partial charge in [0.05, 0.1) is 6.61 Å². The number of anilines is 1. The van der Waals surface area contributed by atoms with Gasteiger partial charge in [0.15, 0.2) is 0 Å². The average molecular weight is 319 g/mol. The summed E-state index contributed by atoms with van der Waals surface area (Å²) in [6.45, 7) is 10.1. The fraction of sp³-hybridized carbons (Fsp3) is 0.526. The molecule has 1 heterocycles. The number of carbonyl (C=O) groups excluding carboxylic acids is 1. The molecule has 1 aromatic rings. The molecule has 0 saturated carbocycles. The Labute approximate surface area is 138 Å². The van der Waals surface area contributed by atoms with Crippen molar-refractivity contribution in [2.75, 3.05) is 11.5 Å². The highest BCUT2D eigenvalue weighted by Crippen LogP contribution is 2.34. The van der Waals surface area contributed by atoms with Gasteiger partial charge in [-0.15, -0.1) is 0 Å². The fourth-order valence-electron chi connectivity index (χ4n) is 3.27. The normalized spacial score (nSPS) is 18.6. The zero-order chi connectivity index (χ0) is 17.1. The minimum absolute atomic E-state index is 0.172. The number of hydrogen-bond donors (Lipinski definition) is 0. The van der Waals surface area contributed by atoms with E-state index in [2.05, 4.69) is 25.7 Å². The van der Waals surface area contributed by atoms with Crippen LogP contribution in [0.5, 0.6) is 0 Å². The van der Waals surface area contributed by atoms with Gasteiger partial charge in [0.25, 0.3) is 0 Å². The molecular formula is C19H26FNO2. The second-order valence-electron chi connectivity index (χ2n) is 6.39. The summed E-state index contributed by atoms with van der Waals surface area (Å²) in [6.07, 6.45) is 2.06. The van der Waals surface area contributed by atoms with Crippen LogP contribution in [0.3, 0.4) is 0 Å². The Morgan fingerprint density at radius 2 is 2.13 bits per heavy atom. The van der Waals surface area contributed by atoms with Crippen LogP contribution in [-0.4, -0.2) is 24.7 Å². The van der Waals surface area contributed by atoms with Crippen LogP contribution in [0.15, 0.2) is 24.0 Å². The van der Waals surface area contributed by atoms with E-state index in [0.717, 1.165) is 18.4 Å². The van der Waals surface area contributed by atoms with Crippen molar-refractivity contribution < 1.29 is 13.9 Å². The van der Waals surface area contributed by atoms with E-state index < -0.39 is 11.8 Å². The van der Waals surface area contributed by atoms with Crippen molar-refractivity contribution >= 4 is 17.2 Å². The molecule has 0 spiro atoms. The van der Waals surface area contributed by atoms with E-state index in [1.165, 1.54) is 11.3 Å². The van der Waals surface area contributed by atoms with Crippen molar-refractivity contribution in [1.82, 2.24) is 0 Å². The molecule has 126 valence electrons. The van der Waals surface area contributed by atoms with Gasteiger partial charge in [0, 0.05) is 17.8 Å². The Morgan fingerprint density at radius 1 is 1.43 bits per heavy atom. The van der Waals surface area contributed by atoms with Gasteiger partial charge in [-0.05, 0) is 76.3 Å². The predicted molar refractivity (Wildman–Crippen MR) is 92.2 cm³/mol. The van der Waals surface area contributed by atoms with Crippen LogP contribution in [0.4, 0.5) is 10.1 Å². The van der Waals surface area contributed by atoms with Gasteiger partial charge in [-0.25, -0.2) is 4.79 Å². The maximum absolute atomic E-state index is 14.2. The Morgan fingerprint density at radius 3 is 2.74 bits per heavy atom. The smallest absolute Gasteiger partial charge is 0.367 e. The summed E-state index contributed by atoms with van der Waals surface area (Å²) in [5.41, 5.74) is 3.51. The molecule has 4 heteroatoms. The minimum atomic E-state index is -0.889. The molecule has 0 aromatic heterocycles. The summed E-state index contributed by atoms with van der Waals surface area (Å²) >= 11 is 0. The van der Waals surface area contributed by atoms with Gasteiger partial charge in [-0.2, -0.15) is 4.39 Å². The number of nitrogens with zero attached hydrogens (tertiary/aromatic N) is 1. The SMILES string of the molecule is CCOC(=O)/C(F)=C(/C)c1ccc2c(c1)CCC(C)N2C(C)C. The first kappa shape index (κ1) is 17.5. The second kappa shape index (κ2) is 7.16. The molecule has 0 radical (unpaired) electrons. The highest BCUT2D eigenvalue weighted by atomic mass is 19.1. The topological polar surface area (TPSA) is 29.5 Å². The van der Waals surface area contributed by atoms with E-state index in [1.807, 2.05) is 18.2 Å². The molecule has 0 bridgehead atoms. The average Bonchev–Trinajstić information content (AvgIpc) is 2.52. The van der Waals surface area contributed by atoms with Crippen LogP contribution in [0.2, 0.25) is 0 Å². The molecule has 3 nitrogen and oxygen atoms in total.